The summed E-state index contributed by atoms with van der Waals surface area (Å²) in [7, 11) is 0. The molecule has 0 atom stereocenters. The molecule has 56 heavy (non-hydrogen) atoms. The van der Waals surface area contributed by atoms with Crippen molar-refractivity contribution >= 4 is 38.8 Å². The lowest BCUT2D eigenvalue weighted by Crippen LogP contribution is -2.11. The largest absolute Gasteiger partial charge is 0.387 e. The van der Waals surface area contributed by atoms with Gasteiger partial charge in [-0.15, -0.1) is 0 Å². The van der Waals surface area contributed by atoms with Gasteiger partial charge in [0, 0.05) is 76.6 Å². The number of fused-ring (bicyclic) bond motifs is 6. The lowest BCUT2D eigenvalue weighted by atomic mass is 10.00. The van der Waals surface area contributed by atoms with Crippen molar-refractivity contribution in [2.45, 2.75) is 6.54 Å². The van der Waals surface area contributed by atoms with Gasteiger partial charge >= 0.3 is 0 Å². The van der Waals surface area contributed by atoms with Crippen LogP contribution in [0, 0.1) is 0 Å². The lowest BCUT2D eigenvalue weighted by molar-refractivity contribution is 0.853. The van der Waals surface area contributed by atoms with Crippen molar-refractivity contribution in [3.63, 3.8) is 0 Å². The lowest BCUT2D eigenvalue weighted by Gasteiger charge is -2.16. The number of nitrogens with zero attached hydrogens (tertiary/aromatic N) is 7. The van der Waals surface area contributed by atoms with Crippen molar-refractivity contribution in [3.8, 4) is 56.4 Å². The van der Waals surface area contributed by atoms with E-state index in [4.69, 9.17) is 9.97 Å². The highest BCUT2D eigenvalue weighted by molar-refractivity contribution is 6.08. The zero-order valence-electron chi connectivity index (χ0n) is 30.1. The van der Waals surface area contributed by atoms with Crippen molar-refractivity contribution in [1.29, 1.82) is 0 Å². The summed E-state index contributed by atoms with van der Waals surface area (Å²) in [6, 6.07) is 44.5. The number of hydrogen-bond donors (Lipinski definition) is 1. The molecule has 10 aromatic rings. The molecule has 0 amide bonds. The van der Waals surface area contributed by atoms with E-state index < -0.39 is 0 Å². The van der Waals surface area contributed by atoms with Gasteiger partial charge in [0.2, 0.25) is 0 Å². The third-order valence-corrected chi connectivity index (χ3v) is 10.7. The smallest absolute Gasteiger partial charge is 0.138 e. The molecule has 0 bridgehead atoms. The molecule has 3 aromatic carbocycles. The van der Waals surface area contributed by atoms with Crippen LogP contribution < -0.4 is 5.32 Å². The SMILES string of the molecule is C1=Cc2c(c3ccccc3n2-c2cc(-c3ccncc3)cc(-c3cccc(-c4cc(-c5ccncc5)cc(-n5c6ccccc6c6cnccc65)n4)c3)n2)CN1. The number of hydrogen-bond acceptors (Lipinski definition) is 6. The highest BCUT2D eigenvalue weighted by Crippen LogP contribution is 2.37. The van der Waals surface area contributed by atoms with Gasteiger partial charge < -0.3 is 5.32 Å². The van der Waals surface area contributed by atoms with Gasteiger partial charge in [-0.05, 0) is 107 Å². The van der Waals surface area contributed by atoms with Gasteiger partial charge in [-0.3, -0.25) is 24.1 Å². The van der Waals surface area contributed by atoms with Crippen LogP contribution in [0.1, 0.15) is 11.3 Å². The molecule has 0 unspecified atom stereocenters. The minimum absolute atomic E-state index is 0.761. The average molecular weight is 721 g/mol. The second kappa shape index (κ2) is 13.0. The average Bonchev–Trinajstić information content (AvgIpc) is 3.80. The molecule has 0 saturated carbocycles. The second-order valence-electron chi connectivity index (χ2n) is 13.9. The van der Waals surface area contributed by atoms with E-state index in [2.05, 4.69) is 139 Å². The Morgan fingerprint density at radius 1 is 0.446 bits per heavy atom. The first-order valence-corrected chi connectivity index (χ1v) is 18.6. The molecule has 8 heteroatoms. The summed E-state index contributed by atoms with van der Waals surface area (Å²) < 4.78 is 4.52. The Morgan fingerprint density at radius 2 is 1.02 bits per heavy atom. The monoisotopic (exact) mass is 720 g/mol. The number of pyridine rings is 5. The van der Waals surface area contributed by atoms with Crippen LogP contribution in [0.4, 0.5) is 0 Å². The highest BCUT2D eigenvalue weighted by atomic mass is 15.1. The molecule has 0 fully saturated rings. The van der Waals surface area contributed by atoms with Crippen LogP contribution in [0.2, 0.25) is 0 Å². The fourth-order valence-corrected chi connectivity index (χ4v) is 8.11. The van der Waals surface area contributed by atoms with E-state index in [1.54, 1.807) is 0 Å². The van der Waals surface area contributed by atoms with Crippen LogP contribution >= 0.6 is 0 Å². The summed E-state index contributed by atoms with van der Waals surface area (Å²) in [6.45, 7) is 0.761. The quantitative estimate of drug-likeness (QED) is 0.184. The molecule has 0 aliphatic carbocycles. The Labute approximate surface area is 322 Å². The minimum atomic E-state index is 0.761. The van der Waals surface area contributed by atoms with Gasteiger partial charge in [-0.2, -0.15) is 0 Å². The van der Waals surface area contributed by atoms with Crippen molar-refractivity contribution < 1.29 is 0 Å². The molecule has 0 saturated heterocycles. The van der Waals surface area contributed by atoms with Crippen LogP contribution in [0.25, 0.3) is 95.2 Å². The van der Waals surface area contributed by atoms with E-state index in [0.29, 0.717) is 0 Å². The van der Waals surface area contributed by atoms with Crippen LogP contribution in [0.15, 0.2) is 171 Å². The van der Waals surface area contributed by atoms with E-state index in [0.717, 1.165) is 96.0 Å². The van der Waals surface area contributed by atoms with Crippen molar-refractivity contribution in [1.82, 2.24) is 39.4 Å². The molecule has 1 N–H and O–H groups in total. The summed E-state index contributed by atoms with van der Waals surface area (Å²) in [5.74, 6) is 1.67. The van der Waals surface area contributed by atoms with E-state index in [9.17, 15) is 0 Å². The summed E-state index contributed by atoms with van der Waals surface area (Å²) >= 11 is 0. The normalized spacial score (nSPS) is 12.3. The van der Waals surface area contributed by atoms with Gasteiger partial charge in [0.1, 0.15) is 11.6 Å². The first-order valence-electron chi connectivity index (χ1n) is 18.6. The highest BCUT2D eigenvalue weighted by Gasteiger charge is 2.21. The Hall–Kier alpha value is -7.71. The number of aromatic nitrogens is 7. The third-order valence-electron chi connectivity index (χ3n) is 10.7. The van der Waals surface area contributed by atoms with Crippen molar-refractivity contribution in [2.24, 2.45) is 0 Å². The van der Waals surface area contributed by atoms with E-state index >= 15 is 0 Å². The molecular weight excluding hydrogens is 689 g/mol. The molecular formula is C48H32N8. The third kappa shape index (κ3) is 5.27. The minimum Gasteiger partial charge on any atom is -0.387 e. The Balaban J connectivity index is 1.11. The fraction of sp³-hybridized carbons (Fsp3) is 0.0208. The molecule has 1 aliphatic rings. The summed E-state index contributed by atoms with van der Waals surface area (Å²) in [6.07, 6.45) is 15.3. The Kier molecular flexibility index (Phi) is 7.38. The van der Waals surface area contributed by atoms with Crippen molar-refractivity contribution in [3.05, 3.63) is 182 Å². The topological polar surface area (TPSA) is 86.3 Å². The molecule has 11 rings (SSSR count). The van der Waals surface area contributed by atoms with E-state index in [1.807, 2.05) is 67.6 Å². The predicted molar refractivity (Wildman–Crippen MR) is 224 cm³/mol. The number of rotatable bonds is 6. The Morgan fingerprint density at radius 3 is 1.70 bits per heavy atom. The summed E-state index contributed by atoms with van der Waals surface area (Å²) in [4.78, 5) is 23.9. The summed E-state index contributed by atoms with van der Waals surface area (Å²) in [5.41, 5.74) is 13.6. The van der Waals surface area contributed by atoms with E-state index in [-0.39, 0.29) is 0 Å². The van der Waals surface area contributed by atoms with Gasteiger partial charge in [-0.25, -0.2) is 9.97 Å². The first-order chi connectivity index (χ1) is 27.8. The molecule has 0 spiro atoms. The van der Waals surface area contributed by atoms with Crippen molar-refractivity contribution in [2.75, 3.05) is 0 Å². The number of nitrogens with one attached hydrogen (secondary N) is 1. The zero-order chi connectivity index (χ0) is 37.0. The zero-order valence-corrected chi connectivity index (χ0v) is 30.1. The van der Waals surface area contributed by atoms with Gasteiger partial charge in [0.25, 0.3) is 0 Å². The fourth-order valence-electron chi connectivity index (χ4n) is 8.11. The molecule has 8 nitrogen and oxygen atoms in total. The summed E-state index contributed by atoms with van der Waals surface area (Å²) in [5, 5.41) is 6.84. The maximum absolute atomic E-state index is 5.41. The van der Waals surface area contributed by atoms with Crippen LogP contribution in [-0.4, -0.2) is 34.1 Å². The van der Waals surface area contributed by atoms with Gasteiger partial charge in [0.05, 0.1) is 33.6 Å². The standard InChI is InChI=1S/C48H32N8/c1-3-10-43-37(8-1)39-29-51-22-16-45(39)55(43)47-27-35(31-12-18-49-19-13-31)25-41(53-47)33-6-5-7-34(24-33)42-26-36(32-14-20-50-21-15-32)28-48(54-42)56-44-11-4-2-9-38(44)40-30-52-23-17-46(40)56/h1-29,52H,30H2. The molecule has 1 aliphatic heterocycles. The molecule has 0 radical (unpaired) electrons. The molecule has 7 aromatic heterocycles. The second-order valence-corrected chi connectivity index (χ2v) is 13.9. The van der Waals surface area contributed by atoms with Gasteiger partial charge in [0.15, 0.2) is 0 Å². The van der Waals surface area contributed by atoms with Crippen LogP contribution in [-0.2, 0) is 6.54 Å². The maximum Gasteiger partial charge on any atom is 0.138 e. The predicted octanol–water partition coefficient (Wildman–Crippen LogP) is 10.4. The maximum atomic E-state index is 5.41. The number of benzene rings is 3. The number of para-hydroxylation sites is 2. The van der Waals surface area contributed by atoms with Crippen LogP contribution in [0.5, 0.6) is 0 Å². The van der Waals surface area contributed by atoms with Crippen LogP contribution in [0.3, 0.4) is 0 Å². The van der Waals surface area contributed by atoms with Gasteiger partial charge in [-0.1, -0.05) is 54.6 Å². The molecule has 264 valence electrons. The first kappa shape index (κ1) is 31.8. The Bertz CT molecular complexity index is 3090. The molecule has 8 heterocycles. The van der Waals surface area contributed by atoms with E-state index in [1.165, 1.54) is 10.9 Å².